The molecule has 0 atom stereocenters. The SMILES string of the molecule is CN1CCC(N(C)c2nc(Nc3ccc(N4CCOCC4)cc3)c3ncn(-c4ccsc4)c3n2)CC1. The van der Waals surface area contributed by atoms with E-state index in [2.05, 4.69) is 75.2 Å². The number of nitrogens with one attached hydrogen (secondary N) is 1. The van der Waals surface area contributed by atoms with Crippen LogP contribution in [0.1, 0.15) is 12.8 Å². The third-order valence-electron chi connectivity index (χ3n) is 7.23. The maximum absolute atomic E-state index is 5.49. The van der Waals surface area contributed by atoms with Crippen LogP contribution in [0, 0.1) is 0 Å². The van der Waals surface area contributed by atoms with Crippen molar-refractivity contribution in [2.45, 2.75) is 18.9 Å². The van der Waals surface area contributed by atoms with Gasteiger partial charge in [-0.15, -0.1) is 0 Å². The molecule has 9 nitrogen and oxygen atoms in total. The fraction of sp³-hybridized carbons (Fsp3) is 0.423. The van der Waals surface area contributed by atoms with Crippen molar-refractivity contribution in [1.82, 2.24) is 24.4 Å². The van der Waals surface area contributed by atoms with Crippen LogP contribution < -0.4 is 15.1 Å². The predicted molar refractivity (Wildman–Crippen MR) is 146 cm³/mol. The zero-order chi connectivity index (χ0) is 24.5. The number of hydrogen-bond acceptors (Lipinski definition) is 9. The van der Waals surface area contributed by atoms with Crippen molar-refractivity contribution in [3.05, 3.63) is 47.4 Å². The van der Waals surface area contributed by atoms with E-state index >= 15 is 0 Å². The number of morpholine rings is 1. The molecule has 0 amide bonds. The van der Waals surface area contributed by atoms with Gasteiger partial charge in [-0.25, -0.2) is 4.98 Å². The first-order chi connectivity index (χ1) is 17.7. The third-order valence-corrected chi connectivity index (χ3v) is 7.90. The Balaban J connectivity index is 1.34. The molecule has 36 heavy (non-hydrogen) atoms. The van der Waals surface area contributed by atoms with Gasteiger partial charge in [-0.2, -0.15) is 21.3 Å². The van der Waals surface area contributed by atoms with E-state index in [4.69, 9.17) is 19.7 Å². The van der Waals surface area contributed by atoms with Crippen LogP contribution in [0.15, 0.2) is 47.4 Å². The number of imidazole rings is 1. The molecule has 3 aromatic heterocycles. The topological polar surface area (TPSA) is 74.6 Å². The fourth-order valence-corrected chi connectivity index (χ4v) is 5.60. The van der Waals surface area contributed by atoms with Crippen LogP contribution in [0.25, 0.3) is 16.9 Å². The van der Waals surface area contributed by atoms with Gasteiger partial charge in [0.25, 0.3) is 0 Å². The second-order valence-electron chi connectivity index (χ2n) is 9.56. The second-order valence-corrected chi connectivity index (χ2v) is 10.3. The summed E-state index contributed by atoms with van der Waals surface area (Å²) in [6.45, 7) is 5.58. The number of nitrogens with zero attached hydrogens (tertiary/aromatic N) is 7. The van der Waals surface area contributed by atoms with Crippen LogP contribution in [0.5, 0.6) is 0 Å². The van der Waals surface area contributed by atoms with E-state index in [0.717, 1.165) is 86.5 Å². The molecule has 0 aliphatic carbocycles. The van der Waals surface area contributed by atoms with Crippen molar-refractivity contribution >= 4 is 45.6 Å². The van der Waals surface area contributed by atoms with Crippen LogP contribution in [0.2, 0.25) is 0 Å². The first-order valence-electron chi connectivity index (χ1n) is 12.5. The molecule has 188 valence electrons. The van der Waals surface area contributed by atoms with Gasteiger partial charge in [0.2, 0.25) is 5.95 Å². The van der Waals surface area contributed by atoms with Crippen molar-refractivity contribution in [3.8, 4) is 5.69 Å². The maximum Gasteiger partial charge on any atom is 0.229 e. The van der Waals surface area contributed by atoms with E-state index in [9.17, 15) is 0 Å². The highest BCUT2D eigenvalue weighted by Gasteiger charge is 2.24. The molecule has 0 radical (unpaired) electrons. The van der Waals surface area contributed by atoms with Gasteiger partial charge in [-0.05, 0) is 68.7 Å². The minimum Gasteiger partial charge on any atom is -0.378 e. The molecule has 1 N–H and O–H groups in total. The van der Waals surface area contributed by atoms with Gasteiger partial charge in [0.05, 0.1) is 18.9 Å². The first kappa shape index (κ1) is 23.2. The Morgan fingerprint density at radius 1 is 1.00 bits per heavy atom. The van der Waals surface area contributed by atoms with Gasteiger partial charge in [0.1, 0.15) is 6.33 Å². The Hall–Kier alpha value is -3.21. The molecule has 0 unspecified atom stereocenters. The Morgan fingerprint density at radius 3 is 2.50 bits per heavy atom. The quantitative estimate of drug-likeness (QED) is 0.423. The van der Waals surface area contributed by atoms with Crippen molar-refractivity contribution in [3.63, 3.8) is 0 Å². The largest absolute Gasteiger partial charge is 0.378 e. The van der Waals surface area contributed by atoms with Gasteiger partial charge in [-0.1, -0.05) is 0 Å². The summed E-state index contributed by atoms with van der Waals surface area (Å²) in [6.07, 6.45) is 4.04. The molecular weight excluding hydrogens is 472 g/mol. The standard InChI is InChI=1S/C26H32N8OS/c1-31-10-7-20(8-11-31)32(2)26-29-24(23-25(30-26)34(18-27-23)22-9-16-36-17-22)28-19-3-5-21(6-4-19)33-12-14-35-15-13-33/h3-6,9,16-18,20H,7-8,10-15H2,1-2H3,(H,28,29,30). The monoisotopic (exact) mass is 504 g/mol. The lowest BCUT2D eigenvalue weighted by atomic mass is 10.0. The maximum atomic E-state index is 5.49. The highest BCUT2D eigenvalue weighted by Crippen LogP contribution is 2.30. The summed E-state index contributed by atoms with van der Waals surface area (Å²) >= 11 is 1.67. The Morgan fingerprint density at radius 2 is 1.78 bits per heavy atom. The van der Waals surface area contributed by atoms with Crippen molar-refractivity contribution in [1.29, 1.82) is 0 Å². The van der Waals surface area contributed by atoms with Crippen LogP contribution in [-0.2, 0) is 4.74 Å². The zero-order valence-electron chi connectivity index (χ0n) is 20.8. The number of ether oxygens (including phenoxy) is 1. The molecule has 4 aromatic rings. The van der Waals surface area contributed by atoms with E-state index < -0.39 is 0 Å². The molecule has 2 fully saturated rings. The van der Waals surface area contributed by atoms with E-state index in [0.29, 0.717) is 6.04 Å². The van der Waals surface area contributed by atoms with E-state index in [-0.39, 0.29) is 0 Å². The highest BCUT2D eigenvalue weighted by molar-refractivity contribution is 7.08. The number of anilines is 4. The van der Waals surface area contributed by atoms with E-state index in [1.165, 1.54) is 5.69 Å². The Kier molecular flexibility index (Phi) is 6.47. The van der Waals surface area contributed by atoms with Crippen LogP contribution in [0.3, 0.4) is 0 Å². The Labute approximate surface area is 215 Å². The van der Waals surface area contributed by atoms with E-state index in [1.807, 2.05) is 10.9 Å². The molecule has 5 heterocycles. The number of thiophene rings is 1. The summed E-state index contributed by atoms with van der Waals surface area (Å²) in [5.41, 5.74) is 4.82. The van der Waals surface area contributed by atoms with Crippen LogP contribution in [-0.4, -0.2) is 83.9 Å². The number of aromatic nitrogens is 4. The molecule has 10 heteroatoms. The van der Waals surface area contributed by atoms with Crippen molar-refractivity contribution < 1.29 is 4.74 Å². The zero-order valence-corrected chi connectivity index (χ0v) is 21.6. The van der Waals surface area contributed by atoms with Gasteiger partial charge in [0.15, 0.2) is 17.0 Å². The van der Waals surface area contributed by atoms with Gasteiger partial charge < -0.3 is 24.8 Å². The first-order valence-corrected chi connectivity index (χ1v) is 13.5. The van der Waals surface area contributed by atoms with Crippen molar-refractivity contribution in [2.24, 2.45) is 0 Å². The molecule has 2 aliphatic rings. The van der Waals surface area contributed by atoms with Crippen molar-refractivity contribution in [2.75, 3.05) is 68.6 Å². The molecule has 2 saturated heterocycles. The summed E-state index contributed by atoms with van der Waals surface area (Å²) in [5, 5.41) is 7.72. The lowest BCUT2D eigenvalue weighted by Gasteiger charge is -2.35. The summed E-state index contributed by atoms with van der Waals surface area (Å²) in [5.74, 6) is 1.45. The molecular formula is C26H32N8OS. The van der Waals surface area contributed by atoms with E-state index in [1.54, 1.807) is 11.3 Å². The average Bonchev–Trinajstić information content (AvgIpc) is 3.60. The van der Waals surface area contributed by atoms with Gasteiger partial charge in [0, 0.05) is 42.9 Å². The lowest BCUT2D eigenvalue weighted by molar-refractivity contribution is 0.122. The Bertz CT molecular complexity index is 1290. The molecule has 1 aromatic carbocycles. The second kappa shape index (κ2) is 10.0. The fourth-order valence-electron chi connectivity index (χ4n) is 4.98. The van der Waals surface area contributed by atoms with Gasteiger partial charge >= 0.3 is 0 Å². The predicted octanol–water partition coefficient (Wildman–Crippen LogP) is 3.99. The number of hydrogen-bond donors (Lipinski definition) is 1. The summed E-state index contributed by atoms with van der Waals surface area (Å²) < 4.78 is 7.54. The minimum atomic E-state index is 0.414. The van der Waals surface area contributed by atoms with Gasteiger partial charge in [-0.3, -0.25) is 4.57 Å². The van der Waals surface area contributed by atoms with Crippen LogP contribution in [0.4, 0.5) is 23.1 Å². The number of likely N-dealkylation sites (tertiary alicyclic amines) is 1. The smallest absolute Gasteiger partial charge is 0.229 e. The number of fused-ring (bicyclic) bond motifs is 1. The lowest BCUT2D eigenvalue weighted by Crippen LogP contribution is -2.42. The molecule has 0 saturated carbocycles. The molecule has 0 bridgehead atoms. The van der Waals surface area contributed by atoms with Crippen LogP contribution >= 0.6 is 11.3 Å². The average molecular weight is 505 g/mol. The molecule has 0 spiro atoms. The minimum absolute atomic E-state index is 0.414. The molecule has 2 aliphatic heterocycles. The molecule has 6 rings (SSSR count). The number of benzene rings is 1. The number of piperidine rings is 1. The summed E-state index contributed by atoms with van der Waals surface area (Å²) in [4.78, 5) is 21.7. The summed E-state index contributed by atoms with van der Waals surface area (Å²) in [6, 6.07) is 11.0. The normalized spacial score (nSPS) is 17.6. The third kappa shape index (κ3) is 4.63. The highest BCUT2D eigenvalue weighted by atomic mass is 32.1. The number of rotatable bonds is 6. The summed E-state index contributed by atoms with van der Waals surface area (Å²) in [7, 11) is 4.30.